The van der Waals surface area contributed by atoms with Crippen LogP contribution in [-0.4, -0.2) is 9.91 Å². The normalized spacial score (nSPS) is 13.7. The first-order valence-corrected chi connectivity index (χ1v) is 6.90. The fourth-order valence-corrected chi connectivity index (χ4v) is 2.31. The van der Waals surface area contributed by atoms with Gasteiger partial charge in [-0.1, -0.05) is 12.1 Å². The number of nitro groups is 1. The van der Waals surface area contributed by atoms with Crippen LogP contribution in [0.5, 0.6) is 0 Å². The molecule has 1 N–H and O–H groups in total. The van der Waals surface area contributed by atoms with Crippen LogP contribution in [0.25, 0.3) is 0 Å². The molecule has 0 saturated heterocycles. The molecule has 2 atom stereocenters. The molecule has 0 amide bonds. The van der Waals surface area contributed by atoms with Crippen LogP contribution in [0.1, 0.15) is 42.6 Å². The van der Waals surface area contributed by atoms with Gasteiger partial charge in [0.15, 0.2) is 0 Å². The van der Waals surface area contributed by atoms with Gasteiger partial charge >= 0.3 is 0 Å². The van der Waals surface area contributed by atoms with Gasteiger partial charge in [0.25, 0.3) is 5.69 Å². The molecule has 5 nitrogen and oxygen atoms in total. The average molecular weight is 285 g/mol. The predicted octanol–water partition coefficient (Wildman–Crippen LogP) is 3.71. The zero-order valence-electron chi connectivity index (χ0n) is 12.4. The van der Waals surface area contributed by atoms with Crippen LogP contribution in [0.3, 0.4) is 0 Å². The highest BCUT2D eigenvalue weighted by molar-refractivity contribution is 5.43. The van der Waals surface area contributed by atoms with E-state index in [1.54, 1.807) is 31.5 Å². The molecule has 21 heavy (non-hydrogen) atoms. The zero-order valence-corrected chi connectivity index (χ0v) is 12.4. The Hall–Kier alpha value is -2.27. The van der Waals surface area contributed by atoms with E-state index in [4.69, 9.17) is 0 Å². The third-order valence-corrected chi connectivity index (χ3v) is 3.64. The molecule has 1 aromatic heterocycles. The van der Waals surface area contributed by atoms with Crippen molar-refractivity contribution in [1.82, 2.24) is 10.3 Å². The molecule has 1 unspecified atom stereocenters. The van der Waals surface area contributed by atoms with Crippen molar-refractivity contribution in [3.63, 3.8) is 0 Å². The maximum atomic E-state index is 11.0. The number of nitrogens with one attached hydrogen (secondary N) is 1. The summed E-state index contributed by atoms with van der Waals surface area (Å²) < 4.78 is 0. The smallest absolute Gasteiger partial charge is 0.272 e. The summed E-state index contributed by atoms with van der Waals surface area (Å²) in [6.45, 7) is 5.82. The number of pyridine rings is 1. The van der Waals surface area contributed by atoms with Gasteiger partial charge < -0.3 is 5.32 Å². The quantitative estimate of drug-likeness (QED) is 0.671. The molecule has 1 heterocycles. The van der Waals surface area contributed by atoms with E-state index in [0.717, 1.165) is 11.1 Å². The maximum Gasteiger partial charge on any atom is 0.272 e. The molecule has 0 aliphatic heterocycles. The highest BCUT2D eigenvalue weighted by Gasteiger charge is 2.16. The van der Waals surface area contributed by atoms with E-state index < -0.39 is 0 Å². The fourth-order valence-electron chi connectivity index (χ4n) is 2.31. The first kappa shape index (κ1) is 15.1. The lowest BCUT2D eigenvalue weighted by atomic mass is 10.0. The van der Waals surface area contributed by atoms with E-state index >= 15 is 0 Å². The van der Waals surface area contributed by atoms with Gasteiger partial charge in [0, 0.05) is 36.1 Å². The Balaban J connectivity index is 2.15. The van der Waals surface area contributed by atoms with Crippen LogP contribution in [0.2, 0.25) is 0 Å². The molecule has 110 valence electrons. The second-order valence-electron chi connectivity index (χ2n) is 5.19. The first-order valence-electron chi connectivity index (χ1n) is 6.90. The molecule has 5 heteroatoms. The van der Waals surface area contributed by atoms with Crippen molar-refractivity contribution in [3.05, 3.63) is 69.5 Å². The van der Waals surface area contributed by atoms with Crippen LogP contribution >= 0.6 is 0 Å². The number of benzene rings is 1. The van der Waals surface area contributed by atoms with E-state index in [1.165, 1.54) is 0 Å². The van der Waals surface area contributed by atoms with Crippen LogP contribution in [-0.2, 0) is 0 Å². The van der Waals surface area contributed by atoms with Gasteiger partial charge in [0.05, 0.1) is 4.92 Å². The summed E-state index contributed by atoms with van der Waals surface area (Å²) in [5, 5.41) is 14.5. The van der Waals surface area contributed by atoms with Crippen LogP contribution < -0.4 is 5.32 Å². The fraction of sp³-hybridized carbons (Fsp3) is 0.312. The number of nitrogens with zero attached hydrogens (tertiary/aromatic N) is 2. The minimum absolute atomic E-state index is 0.0208. The van der Waals surface area contributed by atoms with Gasteiger partial charge in [-0.15, -0.1) is 0 Å². The summed E-state index contributed by atoms with van der Waals surface area (Å²) in [6.07, 6.45) is 3.52. The van der Waals surface area contributed by atoms with Gasteiger partial charge in [-0.05, 0) is 44.0 Å². The molecule has 0 spiro atoms. The molecule has 0 bridgehead atoms. The Morgan fingerprint density at radius 3 is 2.33 bits per heavy atom. The minimum Gasteiger partial charge on any atom is -0.304 e. The van der Waals surface area contributed by atoms with Crippen molar-refractivity contribution in [1.29, 1.82) is 0 Å². The van der Waals surface area contributed by atoms with Crippen molar-refractivity contribution in [2.45, 2.75) is 32.9 Å². The van der Waals surface area contributed by atoms with Gasteiger partial charge in [0.1, 0.15) is 0 Å². The van der Waals surface area contributed by atoms with E-state index in [2.05, 4.69) is 17.2 Å². The van der Waals surface area contributed by atoms with Crippen molar-refractivity contribution in [2.75, 3.05) is 0 Å². The number of rotatable bonds is 5. The summed E-state index contributed by atoms with van der Waals surface area (Å²) in [5.41, 5.74) is 2.89. The molecule has 0 radical (unpaired) electrons. The summed E-state index contributed by atoms with van der Waals surface area (Å²) in [6, 6.07) is 9.45. The topological polar surface area (TPSA) is 68.1 Å². The van der Waals surface area contributed by atoms with Crippen LogP contribution in [0, 0.1) is 17.0 Å². The van der Waals surface area contributed by atoms with Crippen LogP contribution in [0.15, 0.2) is 42.7 Å². The second kappa shape index (κ2) is 6.45. The predicted molar refractivity (Wildman–Crippen MR) is 82.0 cm³/mol. The summed E-state index contributed by atoms with van der Waals surface area (Å²) in [4.78, 5) is 14.7. The minimum atomic E-state index is -0.335. The molecule has 0 fully saturated rings. The highest BCUT2D eigenvalue weighted by Crippen LogP contribution is 2.25. The third-order valence-electron chi connectivity index (χ3n) is 3.64. The number of nitro benzene ring substituents is 1. The van der Waals surface area contributed by atoms with Crippen LogP contribution in [0.4, 0.5) is 5.69 Å². The first-order chi connectivity index (χ1) is 9.99. The SMILES string of the molecule is Cc1ccc(C(C)N[C@H](C)c2ccncc2)cc1[N+](=O)[O-]. The van der Waals surface area contributed by atoms with Crippen molar-refractivity contribution >= 4 is 5.69 Å². The average Bonchev–Trinajstić information content (AvgIpc) is 2.48. The molecule has 0 aliphatic rings. The second-order valence-corrected chi connectivity index (χ2v) is 5.19. The number of aromatic nitrogens is 1. The standard InChI is InChI=1S/C16H19N3O2/c1-11-4-5-15(10-16(11)19(20)21)13(3)18-12(2)14-6-8-17-9-7-14/h4-10,12-13,18H,1-3H3/t12-,13?/m1/s1. The van der Waals surface area contributed by atoms with E-state index in [-0.39, 0.29) is 22.7 Å². The van der Waals surface area contributed by atoms with Gasteiger partial charge in [0.2, 0.25) is 0 Å². The zero-order chi connectivity index (χ0) is 15.4. The Morgan fingerprint density at radius 2 is 1.71 bits per heavy atom. The Morgan fingerprint density at radius 1 is 1.10 bits per heavy atom. The number of hydrogen-bond donors (Lipinski definition) is 1. The van der Waals surface area contributed by atoms with Gasteiger partial charge in [-0.2, -0.15) is 0 Å². The number of aryl methyl sites for hydroxylation is 1. The molecule has 0 saturated carbocycles. The van der Waals surface area contributed by atoms with Crippen molar-refractivity contribution in [2.24, 2.45) is 0 Å². The molecule has 2 rings (SSSR count). The lowest BCUT2D eigenvalue weighted by Crippen LogP contribution is -2.22. The summed E-state index contributed by atoms with van der Waals surface area (Å²) >= 11 is 0. The molecule has 2 aromatic rings. The van der Waals surface area contributed by atoms with Crippen molar-refractivity contribution < 1.29 is 4.92 Å². The molecular formula is C16H19N3O2. The molecular weight excluding hydrogens is 266 g/mol. The summed E-state index contributed by atoms with van der Waals surface area (Å²) in [5.74, 6) is 0. The Labute approximate surface area is 124 Å². The van der Waals surface area contributed by atoms with E-state index in [0.29, 0.717) is 5.56 Å². The monoisotopic (exact) mass is 285 g/mol. The summed E-state index contributed by atoms with van der Waals surface area (Å²) in [7, 11) is 0. The molecule has 1 aromatic carbocycles. The Bertz CT molecular complexity index is 629. The Kier molecular flexibility index (Phi) is 4.65. The third kappa shape index (κ3) is 3.64. The number of hydrogen-bond acceptors (Lipinski definition) is 4. The van der Waals surface area contributed by atoms with E-state index in [1.807, 2.05) is 25.1 Å². The lowest BCUT2D eigenvalue weighted by Gasteiger charge is -2.20. The maximum absolute atomic E-state index is 11.0. The molecule has 0 aliphatic carbocycles. The largest absolute Gasteiger partial charge is 0.304 e. The lowest BCUT2D eigenvalue weighted by molar-refractivity contribution is -0.385. The highest BCUT2D eigenvalue weighted by atomic mass is 16.6. The van der Waals surface area contributed by atoms with Gasteiger partial charge in [-0.3, -0.25) is 15.1 Å². The van der Waals surface area contributed by atoms with E-state index in [9.17, 15) is 10.1 Å². The van der Waals surface area contributed by atoms with Gasteiger partial charge in [-0.25, -0.2) is 0 Å². The van der Waals surface area contributed by atoms with Crippen molar-refractivity contribution in [3.8, 4) is 0 Å².